The van der Waals surface area contributed by atoms with Crippen LogP contribution in [0.2, 0.25) is 0 Å². The monoisotopic (exact) mass is 394 g/mol. The van der Waals surface area contributed by atoms with Crippen LogP contribution in [0, 0.1) is 0 Å². The highest BCUT2D eigenvalue weighted by atomic mass is 32.1. The highest BCUT2D eigenvalue weighted by Crippen LogP contribution is 2.24. The van der Waals surface area contributed by atoms with Gasteiger partial charge in [0.25, 0.3) is 5.91 Å². The molecule has 3 aromatic rings. The molecule has 6 nitrogen and oxygen atoms in total. The molecule has 1 aliphatic heterocycles. The number of rotatable bonds is 5. The third-order valence-electron chi connectivity index (χ3n) is 4.74. The Labute approximate surface area is 168 Å². The fourth-order valence-electron chi connectivity index (χ4n) is 3.26. The number of thiophene rings is 1. The minimum absolute atomic E-state index is 0.118. The van der Waals surface area contributed by atoms with Crippen molar-refractivity contribution in [2.45, 2.75) is 6.92 Å². The molecule has 2 aromatic heterocycles. The molecule has 0 spiro atoms. The second-order valence-corrected chi connectivity index (χ2v) is 7.42. The van der Waals surface area contributed by atoms with Gasteiger partial charge in [-0.05, 0) is 42.6 Å². The Hall–Kier alpha value is -2.93. The van der Waals surface area contributed by atoms with Crippen molar-refractivity contribution >= 4 is 23.1 Å². The van der Waals surface area contributed by atoms with Crippen LogP contribution in [0.5, 0.6) is 5.75 Å². The van der Waals surface area contributed by atoms with Crippen LogP contribution < -0.4 is 9.64 Å². The van der Waals surface area contributed by atoms with E-state index in [2.05, 4.69) is 14.9 Å². The summed E-state index contributed by atoms with van der Waals surface area (Å²) in [5.41, 5.74) is 1.91. The van der Waals surface area contributed by atoms with E-state index in [1.807, 2.05) is 59.7 Å². The number of aromatic nitrogens is 2. The minimum Gasteiger partial charge on any atom is -0.494 e. The summed E-state index contributed by atoms with van der Waals surface area (Å²) >= 11 is 1.49. The molecule has 1 fully saturated rings. The van der Waals surface area contributed by atoms with Gasteiger partial charge < -0.3 is 14.5 Å². The van der Waals surface area contributed by atoms with Gasteiger partial charge in [-0.1, -0.05) is 6.07 Å². The van der Waals surface area contributed by atoms with Crippen molar-refractivity contribution in [3.8, 4) is 17.0 Å². The van der Waals surface area contributed by atoms with Gasteiger partial charge in [-0.25, -0.2) is 9.97 Å². The van der Waals surface area contributed by atoms with Crippen LogP contribution in [0.4, 0.5) is 5.82 Å². The van der Waals surface area contributed by atoms with E-state index in [1.165, 1.54) is 11.3 Å². The Kier molecular flexibility index (Phi) is 5.53. The fraction of sp³-hybridized carbons (Fsp3) is 0.286. The van der Waals surface area contributed by atoms with E-state index < -0.39 is 0 Å². The number of carbonyl (C=O) groups is 1. The standard InChI is InChI=1S/C21H22N4O2S/c1-2-27-17-7-5-16(6-8-17)18-14-20(23-15-22-18)24-9-11-25(12-10-24)21(26)19-4-3-13-28-19/h3-8,13-15H,2,9-12H2,1H3. The summed E-state index contributed by atoms with van der Waals surface area (Å²) in [7, 11) is 0. The van der Waals surface area contributed by atoms with E-state index in [1.54, 1.807) is 6.33 Å². The zero-order valence-corrected chi connectivity index (χ0v) is 16.6. The second-order valence-electron chi connectivity index (χ2n) is 6.48. The highest BCUT2D eigenvalue weighted by molar-refractivity contribution is 7.12. The van der Waals surface area contributed by atoms with Gasteiger partial charge in [-0.2, -0.15) is 0 Å². The maximum absolute atomic E-state index is 12.5. The summed E-state index contributed by atoms with van der Waals surface area (Å²) < 4.78 is 5.50. The van der Waals surface area contributed by atoms with E-state index in [0.29, 0.717) is 19.7 Å². The molecule has 0 aliphatic carbocycles. The van der Waals surface area contributed by atoms with Gasteiger partial charge in [-0.15, -0.1) is 11.3 Å². The Morgan fingerprint density at radius 3 is 2.57 bits per heavy atom. The molecule has 0 N–H and O–H groups in total. The first-order valence-corrected chi connectivity index (χ1v) is 10.3. The Morgan fingerprint density at radius 2 is 1.89 bits per heavy atom. The van der Waals surface area contributed by atoms with Crippen LogP contribution in [0.15, 0.2) is 54.2 Å². The molecule has 1 saturated heterocycles. The lowest BCUT2D eigenvalue weighted by atomic mass is 10.1. The van der Waals surface area contributed by atoms with Gasteiger partial charge in [0, 0.05) is 37.8 Å². The average Bonchev–Trinajstić information content (AvgIpc) is 3.29. The molecule has 1 aromatic carbocycles. The third kappa shape index (κ3) is 3.99. The second kappa shape index (κ2) is 8.39. The van der Waals surface area contributed by atoms with Gasteiger partial charge in [0.15, 0.2) is 0 Å². The number of anilines is 1. The molecule has 144 valence electrons. The van der Waals surface area contributed by atoms with Crippen molar-refractivity contribution in [1.82, 2.24) is 14.9 Å². The lowest BCUT2D eigenvalue weighted by Gasteiger charge is -2.35. The average molecular weight is 395 g/mol. The van der Waals surface area contributed by atoms with Gasteiger partial charge in [-0.3, -0.25) is 4.79 Å². The predicted octanol–water partition coefficient (Wildman–Crippen LogP) is 3.57. The van der Waals surface area contributed by atoms with E-state index in [4.69, 9.17) is 4.74 Å². The van der Waals surface area contributed by atoms with Crippen LogP contribution in [0.1, 0.15) is 16.6 Å². The quantitative estimate of drug-likeness (QED) is 0.662. The zero-order valence-electron chi connectivity index (χ0n) is 15.7. The van der Waals surface area contributed by atoms with E-state index >= 15 is 0 Å². The summed E-state index contributed by atoms with van der Waals surface area (Å²) in [4.78, 5) is 26.3. The Balaban J connectivity index is 1.43. The molecule has 28 heavy (non-hydrogen) atoms. The summed E-state index contributed by atoms with van der Waals surface area (Å²) in [6, 6.07) is 13.7. The van der Waals surface area contributed by atoms with Crippen LogP contribution in [0.3, 0.4) is 0 Å². The molecule has 0 radical (unpaired) electrons. The highest BCUT2D eigenvalue weighted by Gasteiger charge is 2.23. The number of hydrogen-bond acceptors (Lipinski definition) is 6. The molecule has 0 unspecified atom stereocenters. The van der Waals surface area contributed by atoms with Crippen molar-refractivity contribution in [3.63, 3.8) is 0 Å². The van der Waals surface area contributed by atoms with E-state index in [0.717, 1.165) is 40.8 Å². The van der Waals surface area contributed by atoms with Crippen molar-refractivity contribution in [1.29, 1.82) is 0 Å². The van der Waals surface area contributed by atoms with Gasteiger partial charge in [0.05, 0.1) is 17.2 Å². The SMILES string of the molecule is CCOc1ccc(-c2cc(N3CCN(C(=O)c4cccs4)CC3)ncn2)cc1. The summed E-state index contributed by atoms with van der Waals surface area (Å²) in [6.45, 7) is 5.53. The molecule has 0 atom stereocenters. The number of benzene rings is 1. The molecule has 0 saturated carbocycles. The van der Waals surface area contributed by atoms with Crippen molar-refractivity contribution in [2.75, 3.05) is 37.7 Å². The van der Waals surface area contributed by atoms with Crippen LogP contribution in [-0.2, 0) is 0 Å². The summed E-state index contributed by atoms with van der Waals surface area (Å²) in [5.74, 6) is 1.86. The van der Waals surface area contributed by atoms with Crippen LogP contribution >= 0.6 is 11.3 Å². The molecule has 1 aliphatic rings. The Morgan fingerprint density at radius 1 is 1.11 bits per heavy atom. The van der Waals surface area contributed by atoms with Crippen LogP contribution in [-0.4, -0.2) is 53.6 Å². The van der Waals surface area contributed by atoms with Crippen LogP contribution in [0.25, 0.3) is 11.3 Å². The number of amides is 1. The molecule has 0 bridgehead atoms. The number of ether oxygens (including phenoxy) is 1. The maximum atomic E-state index is 12.5. The van der Waals surface area contributed by atoms with Gasteiger partial charge >= 0.3 is 0 Å². The maximum Gasteiger partial charge on any atom is 0.264 e. The predicted molar refractivity (Wildman–Crippen MR) is 111 cm³/mol. The largest absolute Gasteiger partial charge is 0.494 e. The summed E-state index contributed by atoms with van der Waals surface area (Å²) in [6.07, 6.45) is 1.60. The van der Waals surface area contributed by atoms with Gasteiger partial charge in [0.1, 0.15) is 17.9 Å². The number of carbonyl (C=O) groups excluding carboxylic acids is 1. The normalized spacial score (nSPS) is 14.2. The fourth-order valence-corrected chi connectivity index (χ4v) is 3.95. The molecule has 4 rings (SSSR count). The summed E-state index contributed by atoms with van der Waals surface area (Å²) in [5, 5.41) is 1.94. The van der Waals surface area contributed by atoms with Crippen molar-refractivity contribution in [3.05, 3.63) is 59.0 Å². The first-order chi connectivity index (χ1) is 13.7. The third-order valence-corrected chi connectivity index (χ3v) is 5.59. The molecule has 1 amide bonds. The molecule has 3 heterocycles. The van der Waals surface area contributed by atoms with Gasteiger partial charge in [0.2, 0.25) is 0 Å². The smallest absolute Gasteiger partial charge is 0.264 e. The Bertz CT molecular complexity index is 920. The number of piperazine rings is 1. The van der Waals surface area contributed by atoms with E-state index in [9.17, 15) is 4.79 Å². The number of nitrogens with zero attached hydrogens (tertiary/aromatic N) is 4. The lowest BCUT2D eigenvalue weighted by Crippen LogP contribution is -2.48. The molecular formula is C21H22N4O2S. The topological polar surface area (TPSA) is 58.6 Å². The van der Waals surface area contributed by atoms with Crippen molar-refractivity contribution in [2.24, 2.45) is 0 Å². The molecular weight excluding hydrogens is 372 g/mol. The minimum atomic E-state index is 0.118. The zero-order chi connectivity index (χ0) is 19.3. The lowest BCUT2D eigenvalue weighted by molar-refractivity contribution is 0.0751. The van der Waals surface area contributed by atoms with E-state index in [-0.39, 0.29) is 5.91 Å². The van der Waals surface area contributed by atoms with Crippen molar-refractivity contribution < 1.29 is 9.53 Å². The molecule has 7 heteroatoms. The first kappa shape index (κ1) is 18.4. The number of hydrogen-bond donors (Lipinski definition) is 0. The first-order valence-electron chi connectivity index (χ1n) is 9.37.